The summed E-state index contributed by atoms with van der Waals surface area (Å²) in [6.45, 7) is 24.8. The first-order chi connectivity index (χ1) is 22.6. The Bertz CT molecular complexity index is 1780. The average Bonchev–Trinajstić information content (AvgIpc) is 3.05. The van der Waals surface area contributed by atoms with Gasteiger partial charge in [0.2, 0.25) is 0 Å². The molecule has 4 aromatic rings. The van der Waals surface area contributed by atoms with Crippen molar-refractivity contribution in [3.8, 4) is 16.9 Å². The number of ether oxygens (including phenoxy) is 2. The molecule has 4 nitrogen and oxygen atoms in total. The van der Waals surface area contributed by atoms with Gasteiger partial charge in [-0.15, -0.1) is 13.2 Å². The number of allylic oxidation sites excluding steroid dienone is 2. The molecule has 0 aromatic heterocycles. The Morgan fingerprint density at radius 1 is 0.646 bits per heavy atom. The second-order valence-electron chi connectivity index (χ2n) is 14.6. The molecule has 0 bridgehead atoms. The van der Waals surface area contributed by atoms with Gasteiger partial charge in [-0.25, -0.2) is 9.59 Å². The van der Waals surface area contributed by atoms with E-state index in [0.717, 1.165) is 35.1 Å². The van der Waals surface area contributed by atoms with Crippen molar-refractivity contribution < 1.29 is 19.1 Å². The van der Waals surface area contributed by atoms with Gasteiger partial charge in [0.05, 0.1) is 11.1 Å². The van der Waals surface area contributed by atoms with E-state index in [1.54, 1.807) is 24.3 Å². The Labute approximate surface area is 287 Å². The second-order valence-corrected chi connectivity index (χ2v) is 14.6. The highest BCUT2D eigenvalue weighted by atomic mass is 16.6. The van der Waals surface area contributed by atoms with E-state index in [1.807, 2.05) is 63.3 Å². The minimum absolute atomic E-state index is 0.0822. The maximum atomic E-state index is 13.3. The van der Waals surface area contributed by atoms with E-state index in [1.165, 1.54) is 16.7 Å². The monoisotopic (exact) mass is 642 g/mol. The second kappa shape index (κ2) is 14.6. The molecule has 4 heteroatoms. The van der Waals surface area contributed by atoms with Gasteiger partial charge in [-0.2, -0.15) is 0 Å². The predicted octanol–water partition coefficient (Wildman–Crippen LogP) is 11.0. The summed E-state index contributed by atoms with van der Waals surface area (Å²) in [5.74, 6) is -0.265. The lowest BCUT2D eigenvalue weighted by molar-refractivity contribution is 0.00693. The Hall–Kier alpha value is -4.70. The van der Waals surface area contributed by atoms with Crippen molar-refractivity contribution in [1.82, 2.24) is 0 Å². The first-order valence-corrected chi connectivity index (χ1v) is 16.7. The van der Waals surface area contributed by atoms with Crippen molar-refractivity contribution in [2.75, 3.05) is 0 Å². The highest BCUT2D eigenvalue weighted by molar-refractivity contribution is 5.92. The third kappa shape index (κ3) is 8.41. The largest absolute Gasteiger partial charge is 0.456 e. The van der Waals surface area contributed by atoms with Crippen LogP contribution in [0.25, 0.3) is 11.1 Å². The molecular formula is C44H50O4. The number of benzene rings is 4. The van der Waals surface area contributed by atoms with Gasteiger partial charge in [-0.05, 0) is 115 Å². The van der Waals surface area contributed by atoms with Gasteiger partial charge < -0.3 is 9.47 Å². The molecule has 0 fully saturated rings. The summed E-state index contributed by atoms with van der Waals surface area (Å²) in [6, 6.07) is 27.5. The zero-order valence-electron chi connectivity index (χ0n) is 29.9. The van der Waals surface area contributed by atoms with Crippen molar-refractivity contribution in [3.63, 3.8) is 0 Å². The molecule has 0 radical (unpaired) electrons. The summed E-state index contributed by atoms with van der Waals surface area (Å²) >= 11 is 0. The van der Waals surface area contributed by atoms with Crippen LogP contribution in [0.5, 0.6) is 5.75 Å². The molecule has 0 aliphatic heterocycles. The minimum atomic E-state index is -0.556. The number of rotatable bonds is 12. The highest BCUT2D eigenvalue weighted by Crippen LogP contribution is 2.38. The van der Waals surface area contributed by atoms with Crippen LogP contribution in [0, 0.1) is 0 Å². The molecule has 0 N–H and O–H groups in total. The standard InChI is InChI=1S/C44H50O4/c1-11-14-34-28-36(24-26-38(34)43(7,8)13-3)44(9,10)37-25-27-39(35(29-37)15-12-2)47-40(45)32-20-16-30(17-21-32)31-18-22-33(23-19-31)41(46)48-42(4,5)6/h11-12,16-29H,1-2,13-15H2,3-10H3. The first-order valence-electron chi connectivity index (χ1n) is 16.7. The molecule has 0 unspecified atom stereocenters. The summed E-state index contributed by atoms with van der Waals surface area (Å²) < 4.78 is 11.4. The van der Waals surface area contributed by atoms with Gasteiger partial charge in [0, 0.05) is 5.41 Å². The SMILES string of the molecule is C=CCc1cc(C(C)(C)c2ccc(C(C)(C)CC)c(CC=C)c2)ccc1OC(=O)c1ccc(-c2ccc(C(=O)OC(C)(C)C)cc2)cc1. The third-order valence-corrected chi connectivity index (χ3v) is 9.13. The van der Waals surface area contributed by atoms with Gasteiger partial charge in [-0.1, -0.05) is 101 Å². The molecule has 250 valence electrons. The fraction of sp³-hybridized carbons (Fsp3) is 0.318. The van der Waals surface area contributed by atoms with E-state index in [4.69, 9.17) is 9.47 Å². The summed E-state index contributed by atoms with van der Waals surface area (Å²) in [4.78, 5) is 25.7. The zero-order valence-corrected chi connectivity index (χ0v) is 29.9. The lowest BCUT2D eigenvalue weighted by atomic mass is 9.73. The average molecular weight is 643 g/mol. The molecule has 4 aromatic carbocycles. The van der Waals surface area contributed by atoms with Crippen molar-refractivity contribution >= 4 is 11.9 Å². The fourth-order valence-corrected chi connectivity index (χ4v) is 5.80. The lowest BCUT2D eigenvalue weighted by Gasteiger charge is -2.31. The fourth-order valence-electron chi connectivity index (χ4n) is 5.80. The Kier molecular flexibility index (Phi) is 11.0. The van der Waals surface area contributed by atoms with E-state index < -0.39 is 11.6 Å². The summed E-state index contributed by atoms with van der Waals surface area (Å²) in [6.07, 6.45) is 6.25. The lowest BCUT2D eigenvalue weighted by Crippen LogP contribution is -2.23. The Morgan fingerprint density at radius 3 is 1.62 bits per heavy atom. The summed E-state index contributed by atoms with van der Waals surface area (Å²) in [5, 5.41) is 0. The number of esters is 2. The van der Waals surface area contributed by atoms with E-state index in [2.05, 4.69) is 78.1 Å². The van der Waals surface area contributed by atoms with E-state index in [0.29, 0.717) is 23.3 Å². The molecule has 0 amide bonds. The quantitative estimate of drug-likeness (QED) is 0.0876. The van der Waals surface area contributed by atoms with Gasteiger partial charge in [0.1, 0.15) is 11.4 Å². The van der Waals surface area contributed by atoms with E-state index in [-0.39, 0.29) is 16.8 Å². The van der Waals surface area contributed by atoms with Crippen LogP contribution >= 0.6 is 0 Å². The van der Waals surface area contributed by atoms with Crippen LogP contribution in [-0.2, 0) is 28.4 Å². The first kappa shape index (κ1) is 36.1. The van der Waals surface area contributed by atoms with Crippen LogP contribution in [-0.4, -0.2) is 17.5 Å². The molecule has 48 heavy (non-hydrogen) atoms. The van der Waals surface area contributed by atoms with Gasteiger partial charge >= 0.3 is 11.9 Å². The molecular weight excluding hydrogens is 592 g/mol. The smallest absolute Gasteiger partial charge is 0.343 e. The Morgan fingerprint density at radius 2 is 1.12 bits per heavy atom. The van der Waals surface area contributed by atoms with Crippen LogP contribution in [0.15, 0.2) is 110 Å². The normalized spacial score (nSPS) is 11.9. The molecule has 0 atom stereocenters. The van der Waals surface area contributed by atoms with Crippen molar-refractivity contribution in [2.45, 2.75) is 91.1 Å². The molecule has 0 aliphatic carbocycles. The predicted molar refractivity (Wildman–Crippen MR) is 198 cm³/mol. The molecule has 0 saturated heterocycles. The highest BCUT2D eigenvalue weighted by Gasteiger charge is 2.28. The van der Waals surface area contributed by atoms with Gasteiger partial charge in [0.25, 0.3) is 0 Å². The molecule has 4 rings (SSSR count). The molecule has 0 saturated carbocycles. The van der Waals surface area contributed by atoms with Crippen molar-refractivity contribution in [3.05, 3.63) is 149 Å². The summed E-state index contributed by atoms with van der Waals surface area (Å²) in [7, 11) is 0. The molecule has 0 spiro atoms. The van der Waals surface area contributed by atoms with Crippen LogP contribution in [0.4, 0.5) is 0 Å². The van der Waals surface area contributed by atoms with Crippen LogP contribution in [0.3, 0.4) is 0 Å². The maximum absolute atomic E-state index is 13.3. The van der Waals surface area contributed by atoms with E-state index in [9.17, 15) is 9.59 Å². The number of carbonyl (C=O) groups excluding carboxylic acids is 2. The zero-order chi connectivity index (χ0) is 35.3. The van der Waals surface area contributed by atoms with Gasteiger partial charge in [-0.3, -0.25) is 0 Å². The third-order valence-electron chi connectivity index (χ3n) is 9.13. The number of hydrogen-bond acceptors (Lipinski definition) is 4. The van der Waals surface area contributed by atoms with Gasteiger partial charge in [0.15, 0.2) is 0 Å². The summed E-state index contributed by atoms with van der Waals surface area (Å²) in [5.41, 5.74) is 7.96. The Balaban J connectivity index is 1.54. The van der Waals surface area contributed by atoms with E-state index >= 15 is 0 Å². The minimum Gasteiger partial charge on any atom is -0.456 e. The van der Waals surface area contributed by atoms with Crippen LogP contribution in [0.2, 0.25) is 0 Å². The number of hydrogen-bond donors (Lipinski definition) is 0. The van der Waals surface area contributed by atoms with Crippen LogP contribution < -0.4 is 4.74 Å². The number of carbonyl (C=O) groups is 2. The topological polar surface area (TPSA) is 52.6 Å². The van der Waals surface area contributed by atoms with Crippen LogP contribution in [0.1, 0.15) is 110 Å². The molecule has 0 heterocycles. The van der Waals surface area contributed by atoms with Crippen molar-refractivity contribution in [1.29, 1.82) is 0 Å². The molecule has 0 aliphatic rings. The van der Waals surface area contributed by atoms with Crippen molar-refractivity contribution in [2.24, 2.45) is 0 Å². The maximum Gasteiger partial charge on any atom is 0.343 e.